The third-order valence-corrected chi connectivity index (χ3v) is 4.38. The van der Waals surface area contributed by atoms with Gasteiger partial charge in [-0.25, -0.2) is 4.39 Å². The van der Waals surface area contributed by atoms with E-state index in [-0.39, 0.29) is 23.0 Å². The van der Waals surface area contributed by atoms with Crippen LogP contribution in [-0.2, 0) is 17.5 Å². The van der Waals surface area contributed by atoms with E-state index >= 15 is 0 Å². The second-order valence-corrected chi connectivity index (χ2v) is 6.24. The molecule has 1 unspecified atom stereocenters. The molecule has 1 N–H and O–H groups in total. The third-order valence-electron chi connectivity index (χ3n) is 4.38. The van der Waals surface area contributed by atoms with Crippen molar-refractivity contribution in [2.45, 2.75) is 25.2 Å². The molecule has 4 nitrogen and oxygen atoms in total. The standard InChI is InChI=1S/C19H15F4N3O/c20-15-4-1-12(2-5-15)11-26-8-7-17(18(26)27)25-16-6-3-14(19(21,22)23)9-13(16)10-24/h1-6,9,17,25H,7-8,11H2. The second kappa shape index (κ2) is 7.27. The molecule has 1 amide bonds. The van der Waals surface area contributed by atoms with Gasteiger partial charge in [-0.15, -0.1) is 0 Å². The molecule has 0 radical (unpaired) electrons. The number of carbonyl (C=O) groups is 1. The molecule has 1 heterocycles. The molecule has 27 heavy (non-hydrogen) atoms. The summed E-state index contributed by atoms with van der Waals surface area (Å²) in [5.74, 6) is -0.583. The molecule has 1 saturated heterocycles. The Balaban J connectivity index is 1.71. The van der Waals surface area contributed by atoms with E-state index in [1.54, 1.807) is 23.1 Å². The normalized spacial score (nSPS) is 17.1. The lowest BCUT2D eigenvalue weighted by atomic mass is 10.1. The molecule has 1 atom stereocenters. The van der Waals surface area contributed by atoms with E-state index in [4.69, 9.17) is 5.26 Å². The maximum atomic E-state index is 13.0. The van der Waals surface area contributed by atoms with Crippen molar-refractivity contribution in [3.05, 3.63) is 65.0 Å². The molecule has 1 fully saturated rings. The Morgan fingerprint density at radius 1 is 1.19 bits per heavy atom. The van der Waals surface area contributed by atoms with Crippen LogP contribution in [0.1, 0.15) is 23.1 Å². The summed E-state index contributed by atoms with van der Waals surface area (Å²) < 4.78 is 51.3. The first-order chi connectivity index (χ1) is 12.8. The van der Waals surface area contributed by atoms with E-state index in [1.165, 1.54) is 12.1 Å². The summed E-state index contributed by atoms with van der Waals surface area (Å²) in [6.45, 7) is 0.770. The molecule has 8 heteroatoms. The summed E-state index contributed by atoms with van der Waals surface area (Å²) >= 11 is 0. The zero-order valence-electron chi connectivity index (χ0n) is 14.1. The van der Waals surface area contributed by atoms with Gasteiger partial charge in [0.2, 0.25) is 5.91 Å². The summed E-state index contributed by atoms with van der Waals surface area (Å²) in [5.41, 5.74) is -0.125. The van der Waals surface area contributed by atoms with Crippen LogP contribution in [0, 0.1) is 17.1 Å². The minimum atomic E-state index is -4.54. The van der Waals surface area contributed by atoms with Gasteiger partial charge >= 0.3 is 6.18 Å². The van der Waals surface area contributed by atoms with E-state index in [2.05, 4.69) is 5.32 Å². The van der Waals surface area contributed by atoms with Crippen molar-refractivity contribution < 1.29 is 22.4 Å². The van der Waals surface area contributed by atoms with Crippen molar-refractivity contribution in [3.8, 4) is 6.07 Å². The largest absolute Gasteiger partial charge is 0.416 e. The van der Waals surface area contributed by atoms with Crippen LogP contribution < -0.4 is 5.32 Å². The molecule has 2 aromatic carbocycles. The van der Waals surface area contributed by atoms with Crippen LogP contribution in [0.4, 0.5) is 23.2 Å². The Labute approximate surface area is 153 Å². The molecule has 1 aliphatic heterocycles. The Morgan fingerprint density at radius 3 is 2.52 bits per heavy atom. The predicted octanol–water partition coefficient (Wildman–Crippen LogP) is 3.93. The third kappa shape index (κ3) is 4.19. The van der Waals surface area contributed by atoms with E-state index in [1.807, 2.05) is 0 Å². The van der Waals surface area contributed by atoms with Gasteiger partial charge < -0.3 is 10.2 Å². The molecule has 140 valence electrons. The van der Waals surface area contributed by atoms with Gasteiger partial charge in [0.1, 0.15) is 17.9 Å². The molecule has 1 aliphatic rings. The highest BCUT2D eigenvalue weighted by molar-refractivity contribution is 5.87. The van der Waals surface area contributed by atoms with Crippen LogP contribution in [0.25, 0.3) is 0 Å². The van der Waals surface area contributed by atoms with Crippen molar-refractivity contribution in [2.24, 2.45) is 0 Å². The first-order valence-electron chi connectivity index (χ1n) is 8.19. The average molecular weight is 377 g/mol. The molecule has 2 aromatic rings. The van der Waals surface area contributed by atoms with Crippen molar-refractivity contribution in [1.82, 2.24) is 4.90 Å². The first kappa shape index (κ1) is 18.7. The highest BCUT2D eigenvalue weighted by Crippen LogP contribution is 2.32. The number of carbonyl (C=O) groups excluding carboxylic acids is 1. The van der Waals surface area contributed by atoms with Crippen molar-refractivity contribution in [2.75, 3.05) is 11.9 Å². The van der Waals surface area contributed by atoms with Crippen LogP contribution in [0.3, 0.4) is 0 Å². The zero-order chi connectivity index (χ0) is 19.6. The van der Waals surface area contributed by atoms with Crippen LogP contribution in [-0.4, -0.2) is 23.4 Å². The number of halogens is 4. The lowest BCUT2D eigenvalue weighted by Crippen LogP contribution is -2.33. The number of rotatable bonds is 4. The number of likely N-dealkylation sites (tertiary alicyclic amines) is 1. The Kier molecular flexibility index (Phi) is 5.04. The fraction of sp³-hybridized carbons (Fsp3) is 0.263. The van der Waals surface area contributed by atoms with Gasteiger partial charge in [0, 0.05) is 13.1 Å². The van der Waals surface area contributed by atoms with Gasteiger partial charge in [-0.05, 0) is 42.3 Å². The van der Waals surface area contributed by atoms with Crippen LogP contribution in [0.15, 0.2) is 42.5 Å². The number of nitriles is 1. The Morgan fingerprint density at radius 2 is 1.89 bits per heavy atom. The maximum absolute atomic E-state index is 13.0. The quantitative estimate of drug-likeness (QED) is 0.822. The SMILES string of the molecule is N#Cc1cc(C(F)(F)F)ccc1NC1CCN(Cc2ccc(F)cc2)C1=O. The number of hydrogen-bond donors (Lipinski definition) is 1. The number of benzene rings is 2. The fourth-order valence-electron chi connectivity index (χ4n) is 2.97. The van der Waals surface area contributed by atoms with E-state index in [9.17, 15) is 22.4 Å². The molecule has 0 spiro atoms. The smallest absolute Gasteiger partial charge is 0.373 e. The first-order valence-corrected chi connectivity index (χ1v) is 8.19. The summed E-state index contributed by atoms with van der Waals surface area (Å²) in [4.78, 5) is 14.1. The number of alkyl halides is 3. The maximum Gasteiger partial charge on any atom is 0.416 e. The van der Waals surface area contributed by atoms with E-state index in [0.29, 0.717) is 19.5 Å². The lowest BCUT2D eigenvalue weighted by molar-refractivity contribution is -0.137. The summed E-state index contributed by atoms with van der Waals surface area (Å²) in [6, 6.07) is 9.71. The molecular weight excluding hydrogens is 362 g/mol. The van der Waals surface area contributed by atoms with Gasteiger partial charge in [0.25, 0.3) is 0 Å². The van der Waals surface area contributed by atoms with Crippen molar-refractivity contribution in [3.63, 3.8) is 0 Å². The molecule has 0 aromatic heterocycles. The Bertz CT molecular complexity index is 887. The van der Waals surface area contributed by atoms with Crippen LogP contribution in [0.5, 0.6) is 0 Å². The Hall–Kier alpha value is -3.08. The highest BCUT2D eigenvalue weighted by Gasteiger charge is 2.33. The monoisotopic (exact) mass is 377 g/mol. The van der Waals surface area contributed by atoms with Gasteiger partial charge in [-0.2, -0.15) is 18.4 Å². The second-order valence-electron chi connectivity index (χ2n) is 6.24. The van der Waals surface area contributed by atoms with Gasteiger partial charge in [-0.3, -0.25) is 4.79 Å². The minimum absolute atomic E-state index is 0.172. The molecule has 0 saturated carbocycles. The summed E-state index contributed by atoms with van der Waals surface area (Å²) in [5, 5.41) is 12.0. The topological polar surface area (TPSA) is 56.1 Å². The van der Waals surface area contributed by atoms with Gasteiger partial charge in [0.05, 0.1) is 16.8 Å². The van der Waals surface area contributed by atoms with Gasteiger partial charge in [0.15, 0.2) is 0 Å². The van der Waals surface area contributed by atoms with Crippen molar-refractivity contribution >= 4 is 11.6 Å². The summed E-state index contributed by atoms with van der Waals surface area (Å²) in [6.07, 6.45) is -4.09. The molecule has 0 aliphatic carbocycles. The van der Waals surface area contributed by atoms with E-state index in [0.717, 1.165) is 23.8 Å². The number of nitrogens with one attached hydrogen (secondary N) is 1. The fourth-order valence-corrected chi connectivity index (χ4v) is 2.97. The number of hydrogen-bond acceptors (Lipinski definition) is 3. The highest BCUT2D eigenvalue weighted by atomic mass is 19.4. The molecule has 0 bridgehead atoms. The summed E-state index contributed by atoms with van der Waals surface area (Å²) in [7, 11) is 0. The average Bonchev–Trinajstić information content (AvgIpc) is 2.96. The lowest BCUT2D eigenvalue weighted by Gasteiger charge is -2.18. The molecular formula is C19H15F4N3O. The van der Waals surface area contributed by atoms with Gasteiger partial charge in [-0.1, -0.05) is 12.1 Å². The minimum Gasteiger partial charge on any atom is -0.373 e. The zero-order valence-corrected chi connectivity index (χ0v) is 14.1. The number of anilines is 1. The molecule has 3 rings (SSSR count). The predicted molar refractivity (Wildman–Crippen MR) is 90.0 cm³/mol. The van der Waals surface area contributed by atoms with Crippen LogP contribution >= 0.6 is 0 Å². The van der Waals surface area contributed by atoms with Crippen LogP contribution in [0.2, 0.25) is 0 Å². The van der Waals surface area contributed by atoms with E-state index < -0.39 is 17.8 Å². The van der Waals surface area contributed by atoms with Crippen molar-refractivity contribution in [1.29, 1.82) is 5.26 Å². The number of amides is 1. The number of nitrogens with zero attached hydrogens (tertiary/aromatic N) is 2.